The minimum atomic E-state index is -3.18. The maximum atomic E-state index is 12.8. The Morgan fingerprint density at radius 3 is 2.42 bits per heavy atom. The summed E-state index contributed by atoms with van der Waals surface area (Å²) in [4.78, 5) is 18.4. The molecule has 0 N–H and O–H groups in total. The standard InChI is InChI=1S/C29H42N6O3S2/c1-4-6-23-20-30-28(31-21-23)34-12-10-25(11-13-34)38-29-32-26-9-8-24(19-27(26)39-29)33-14-16-35(17-15-33)40(36,37)18-5-7-22(2)3/h8-9,19-22,25H,4-7,10-18H2,1-3H3. The van der Waals surface area contributed by atoms with E-state index in [4.69, 9.17) is 9.72 Å². The van der Waals surface area contributed by atoms with Crippen molar-refractivity contribution < 1.29 is 13.2 Å². The number of nitrogens with zero attached hydrogens (tertiary/aromatic N) is 6. The van der Waals surface area contributed by atoms with Gasteiger partial charge in [-0.25, -0.2) is 23.4 Å². The molecule has 218 valence electrons. The number of fused-ring (bicyclic) bond motifs is 1. The average Bonchev–Trinajstić information content (AvgIpc) is 3.35. The van der Waals surface area contributed by atoms with Crippen molar-refractivity contribution in [1.82, 2.24) is 19.3 Å². The van der Waals surface area contributed by atoms with Gasteiger partial charge in [0.05, 0.1) is 16.0 Å². The van der Waals surface area contributed by atoms with Crippen molar-refractivity contribution in [3.63, 3.8) is 0 Å². The number of anilines is 2. The fraction of sp³-hybridized carbons (Fsp3) is 0.621. The van der Waals surface area contributed by atoms with Crippen LogP contribution in [0.4, 0.5) is 11.6 Å². The van der Waals surface area contributed by atoms with Crippen molar-refractivity contribution in [2.24, 2.45) is 5.92 Å². The maximum Gasteiger partial charge on any atom is 0.274 e. The molecule has 0 atom stereocenters. The second-order valence-electron chi connectivity index (χ2n) is 11.3. The first kappa shape index (κ1) is 29.0. The lowest BCUT2D eigenvalue weighted by atomic mass is 10.1. The van der Waals surface area contributed by atoms with Crippen molar-refractivity contribution in [3.8, 4) is 5.19 Å². The van der Waals surface area contributed by atoms with Gasteiger partial charge < -0.3 is 14.5 Å². The van der Waals surface area contributed by atoms with Crippen LogP contribution in [-0.2, 0) is 16.4 Å². The molecule has 0 unspecified atom stereocenters. The lowest BCUT2D eigenvalue weighted by molar-refractivity contribution is 0.170. The molecule has 0 amide bonds. The zero-order chi connectivity index (χ0) is 28.1. The Morgan fingerprint density at radius 2 is 1.75 bits per heavy atom. The van der Waals surface area contributed by atoms with E-state index >= 15 is 0 Å². The third-order valence-electron chi connectivity index (χ3n) is 7.76. The molecule has 1 aromatic carbocycles. The van der Waals surface area contributed by atoms with E-state index in [0.29, 0.717) is 37.3 Å². The molecule has 3 aromatic rings. The van der Waals surface area contributed by atoms with Crippen LogP contribution in [0.2, 0.25) is 0 Å². The minimum Gasteiger partial charge on any atom is -0.467 e. The highest BCUT2D eigenvalue weighted by molar-refractivity contribution is 7.89. The summed E-state index contributed by atoms with van der Waals surface area (Å²) in [7, 11) is -3.18. The van der Waals surface area contributed by atoms with E-state index in [1.54, 1.807) is 15.6 Å². The molecule has 9 nitrogen and oxygen atoms in total. The van der Waals surface area contributed by atoms with Crippen molar-refractivity contribution in [2.45, 2.75) is 65.4 Å². The molecule has 2 fully saturated rings. The zero-order valence-electron chi connectivity index (χ0n) is 24.0. The lowest BCUT2D eigenvalue weighted by Crippen LogP contribution is -2.49. The van der Waals surface area contributed by atoms with E-state index in [1.165, 1.54) is 5.56 Å². The van der Waals surface area contributed by atoms with Gasteiger partial charge in [-0.15, -0.1) is 0 Å². The van der Waals surface area contributed by atoms with Gasteiger partial charge in [-0.1, -0.05) is 38.5 Å². The monoisotopic (exact) mass is 586 g/mol. The molecule has 0 saturated carbocycles. The van der Waals surface area contributed by atoms with E-state index in [1.807, 2.05) is 18.5 Å². The van der Waals surface area contributed by atoms with E-state index in [-0.39, 0.29) is 11.9 Å². The van der Waals surface area contributed by atoms with E-state index in [9.17, 15) is 8.42 Å². The fourth-order valence-corrected chi connectivity index (χ4v) is 7.84. The average molecular weight is 587 g/mol. The molecule has 5 rings (SSSR count). The van der Waals surface area contributed by atoms with Gasteiger partial charge >= 0.3 is 0 Å². The summed E-state index contributed by atoms with van der Waals surface area (Å²) < 4.78 is 34.6. The second kappa shape index (κ2) is 13.0. The molecule has 2 aliphatic rings. The van der Waals surface area contributed by atoms with E-state index < -0.39 is 10.0 Å². The van der Waals surface area contributed by atoms with Gasteiger partial charge in [0.1, 0.15) is 6.10 Å². The van der Waals surface area contributed by atoms with Crippen LogP contribution in [0.3, 0.4) is 0 Å². The van der Waals surface area contributed by atoms with Crippen molar-refractivity contribution in [2.75, 3.05) is 54.8 Å². The summed E-state index contributed by atoms with van der Waals surface area (Å²) in [5.74, 6) is 1.58. The number of thiazole rings is 1. The predicted octanol–water partition coefficient (Wildman–Crippen LogP) is 4.97. The smallest absolute Gasteiger partial charge is 0.274 e. The fourth-order valence-electron chi connectivity index (χ4n) is 5.41. The van der Waals surface area contributed by atoms with Gasteiger partial charge in [-0.3, -0.25) is 0 Å². The van der Waals surface area contributed by atoms with Crippen LogP contribution in [0.1, 0.15) is 58.4 Å². The van der Waals surface area contributed by atoms with Crippen LogP contribution in [0, 0.1) is 5.92 Å². The van der Waals surface area contributed by atoms with Gasteiger partial charge in [-0.05, 0) is 48.9 Å². The molecule has 0 aliphatic carbocycles. The number of sulfonamides is 1. The first-order chi connectivity index (χ1) is 19.3. The Kier molecular flexibility index (Phi) is 9.42. The first-order valence-corrected chi connectivity index (χ1v) is 17.1. The van der Waals surface area contributed by atoms with Crippen LogP contribution >= 0.6 is 11.3 Å². The second-order valence-corrected chi connectivity index (χ2v) is 14.4. The first-order valence-electron chi connectivity index (χ1n) is 14.7. The molecule has 11 heteroatoms. The van der Waals surface area contributed by atoms with E-state index in [0.717, 1.165) is 73.5 Å². The Hall–Kier alpha value is -2.50. The number of aromatic nitrogens is 3. The molecule has 2 saturated heterocycles. The van der Waals surface area contributed by atoms with E-state index in [2.05, 4.69) is 52.7 Å². The summed E-state index contributed by atoms with van der Waals surface area (Å²) in [6, 6.07) is 6.29. The highest BCUT2D eigenvalue weighted by Gasteiger charge is 2.27. The number of hydrogen-bond donors (Lipinski definition) is 0. The Morgan fingerprint density at radius 1 is 1.02 bits per heavy atom. The summed E-state index contributed by atoms with van der Waals surface area (Å²) in [5.41, 5.74) is 3.23. The normalized spacial score (nSPS) is 17.7. The summed E-state index contributed by atoms with van der Waals surface area (Å²) in [6.07, 6.45) is 9.62. The van der Waals surface area contributed by atoms with Crippen LogP contribution in [0.5, 0.6) is 5.19 Å². The van der Waals surface area contributed by atoms with Crippen LogP contribution in [-0.4, -0.2) is 78.8 Å². The number of rotatable bonds is 11. The Labute approximate surface area is 242 Å². The van der Waals surface area contributed by atoms with Gasteiger partial charge in [0.15, 0.2) is 0 Å². The third kappa shape index (κ3) is 7.22. The number of piperidine rings is 1. The molecular formula is C29H42N6O3S2. The van der Waals surface area contributed by atoms with Crippen molar-refractivity contribution >= 4 is 43.2 Å². The quantitative estimate of drug-likeness (QED) is 0.311. The van der Waals surface area contributed by atoms with Crippen LogP contribution in [0.15, 0.2) is 30.6 Å². The minimum absolute atomic E-state index is 0.131. The molecule has 4 heterocycles. The molecule has 0 radical (unpaired) electrons. The molecule has 0 bridgehead atoms. The van der Waals surface area contributed by atoms with Crippen molar-refractivity contribution in [3.05, 3.63) is 36.2 Å². The summed E-state index contributed by atoms with van der Waals surface area (Å²) >= 11 is 1.58. The lowest BCUT2D eigenvalue weighted by Gasteiger charge is -2.35. The molecule has 2 aromatic heterocycles. The van der Waals surface area contributed by atoms with Gasteiger partial charge in [0, 0.05) is 70.2 Å². The SMILES string of the molecule is CCCc1cnc(N2CCC(Oc3nc4ccc(N5CCN(S(=O)(=O)CCCC(C)C)CC5)cc4s3)CC2)nc1. The molecule has 40 heavy (non-hydrogen) atoms. The number of hydrogen-bond acceptors (Lipinski definition) is 9. The highest BCUT2D eigenvalue weighted by atomic mass is 32.2. The van der Waals surface area contributed by atoms with Gasteiger partial charge in [0.2, 0.25) is 16.0 Å². The predicted molar refractivity (Wildman–Crippen MR) is 163 cm³/mol. The molecule has 2 aliphatic heterocycles. The zero-order valence-corrected chi connectivity index (χ0v) is 25.6. The van der Waals surface area contributed by atoms with Gasteiger partial charge in [0.25, 0.3) is 5.19 Å². The Balaban J connectivity index is 1.13. The highest BCUT2D eigenvalue weighted by Crippen LogP contribution is 2.33. The number of aryl methyl sites for hydroxylation is 1. The van der Waals surface area contributed by atoms with Crippen LogP contribution in [0.25, 0.3) is 10.2 Å². The Bertz CT molecular complexity index is 1350. The van der Waals surface area contributed by atoms with Crippen LogP contribution < -0.4 is 14.5 Å². The number of benzene rings is 1. The third-order valence-corrected chi connectivity index (χ3v) is 10.6. The molecular weight excluding hydrogens is 544 g/mol. The van der Waals surface area contributed by atoms with Gasteiger partial charge in [-0.2, -0.15) is 4.31 Å². The summed E-state index contributed by atoms with van der Waals surface area (Å²) in [5, 5.41) is 0.711. The number of ether oxygens (including phenoxy) is 1. The molecule has 0 spiro atoms. The topological polar surface area (TPSA) is 91.8 Å². The summed E-state index contributed by atoms with van der Waals surface area (Å²) in [6.45, 7) is 10.6. The number of piperazine rings is 1. The maximum absolute atomic E-state index is 12.8. The van der Waals surface area contributed by atoms with Crippen molar-refractivity contribution in [1.29, 1.82) is 0 Å². The largest absolute Gasteiger partial charge is 0.467 e.